The molecule has 37 heavy (non-hydrogen) atoms. The number of fused-ring (bicyclic) bond motifs is 7. The maximum Gasteiger partial charge on any atom is 0.314 e. The van der Waals surface area contributed by atoms with Crippen LogP contribution >= 0.6 is 0 Å². The summed E-state index contributed by atoms with van der Waals surface area (Å²) in [7, 11) is 0. The summed E-state index contributed by atoms with van der Waals surface area (Å²) in [5.74, 6) is -0.560. The Bertz CT molecular complexity index is 1030. The fourth-order valence-electron chi connectivity index (χ4n) is 11.2. The number of rotatable bonds is 2. The van der Waals surface area contributed by atoms with Crippen LogP contribution < -0.4 is 0 Å². The number of ether oxygens (including phenoxy) is 1. The monoisotopic (exact) mass is 514 g/mol. The van der Waals surface area contributed by atoms with Crippen LogP contribution in [0.2, 0.25) is 0 Å². The maximum absolute atomic E-state index is 13.6. The molecule has 5 rings (SSSR count). The average molecular weight is 515 g/mol. The van der Waals surface area contributed by atoms with Crippen LogP contribution in [-0.2, 0) is 14.3 Å². The van der Waals surface area contributed by atoms with Gasteiger partial charge in [0.05, 0.1) is 11.5 Å². The Kier molecular flexibility index (Phi) is 5.95. The molecule has 4 fully saturated rings. The molecule has 0 spiro atoms. The molecule has 0 bridgehead atoms. The first-order valence-electron chi connectivity index (χ1n) is 14.7. The van der Waals surface area contributed by atoms with Gasteiger partial charge in [0.15, 0.2) is 0 Å². The molecule has 2 N–H and O–H groups in total. The smallest absolute Gasteiger partial charge is 0.314 e. The van der Waals surface area contributed by atoms with Crippen molar-refractivity contribution in [1.82, 2.24) is 0 Å². The van der Waals surface area contributed by atoms with Crippen LogP contribution in [0.4, 0.5) is 0 Å². The van der Waals surface area contributed by atoms with Crippen molar-refractivity contribution < 1.29 is 24.5 Å². The van der Waals surface area contributed by atoms with E-state index in [2.05, 4.69) is 54.5 Å². The van der Waals surface area contributed by atoms with Gasteiger partial charge in [-0.2, -0.15) is 0 Å². The first kappa shape index (κ1) is 27.2. The predicted octanol–water partition coefficient (Wildman–Crippen LogP) is 6.78. The maximum atomic E-state index is 13.6. The Morgan fingerprint density at radius 3 is 2.22 bits per heavy atom. The number of esters is 1. The molecule has 5 heteroatoms. The molecular formula is C32H50O5. The number of aliphatic carboxylic acids is 1. The Labute approximate surface area is 223 Å². The normalized spacial score (nSPS) is 49.9. The predicted molar refractivity (Wildman–Crippen MR) is 144 cm³/mol. The Morgan fingerprint density at radius 2 is 1.59 bits per heavy atom. The molecule has 5 aliphatic rings. The van der Waals surface area contributed by atoms with Gasteiger partial charge in [-0.05, 0) is 97.2 Å². The Balaban J connectivity index is 1.63. The zero-order valence-electron chi connectivity index (χ0n) is 24.4. The lowest BCUT2D eigenvalue weighted by Gasteiger charge is -2.71. The van der Waals surface area contributed by atoms with Crippen molar-refractivity contribution in [3.05, 3.63) is 11.6 Å². The zero-order chi connectivity index (χ0) is 27.4. The van der Waals surface area contributed by atoms with Gasteiger partial charge in [-0.1, -0.05) is 60.1 Å². The van der Waals surface area contributed by atoms with E-state index in [1.165, 1.54) is 18.9 Å². The van der Waals surface area contributed by atoms with Crippen LogP contribution in [0.3, 0.4) is 0 Å². The third kappa shape index (κ3) is 3.50. The van der Waals surface area contributed by atoms with Crippen LogP contribution in [0.5, 0.6) is 0 Å². The van der Waals surface area contributed by atoms with Gasteiger partial charge in [-0.25, -0.2) is 0 Å². The number of allylic oxidation sites excluding steroid dienone is 1. The number of aliphatic hydroxyl groups excluding tert-OH is 1. The molecule has 0 aromatic rings. The molecule has 5 aliphatic carbocycles. The highest BCUT2D eigenvalue weighted by molar-refractivity contribution is 5.81. The third-order valence-electron chi connectivity index (χ3n) is 13.0. The van der Waals surface area contributed by atoms with Crippen molar-refractivity contribution >= 4 is 11.9 Å². The quantitative estimate of drug-likeness (QED) is 0.314. The van der Waals surface area contributed by atoms with Gasteiger partial charge in [0.25, 0.3) is 0 Å². The molecule has 0 amide bonds. The van der Waals surface area contributed by atoms with Crippen LogP contribution in [0.25, 0.3) is 0 Å². The van der Waals surface area contributed by atoms with Gasteiger partial charge in [0.2, 0.25) is 0 Å². The molecule has 9 atom stereocenters. The van der Waals surface area contributed by atoms with Crippen molar-refractivity contribution in [1.29, 1.82) is 0 Å². The highest BCUT2D eigenvalue weighted by atomic mass is 16.5. The second-order valence-corrected chi connectivity index (χ2v) is 15.9. The Hall–Kier alpha value is -1.36. The molecule has 0 aliphatic heterocycles. The molecule has 0 aromatic heterocycles. The van der Waals surface area contributed by atoms with Crippen LogP contribution in [-0.4, -0.2) is 34.4 Å². The van der Waals surface area contributed by atoms with Crippen molar-refractivity contribution in [2.24, 2.45) is 50.2 Å². The topological polar surface area (TPSA) is 83.8 Å². The van der Waals surface area contributed by atoms with Gasteiger partial charge < -0.3 is 14.9 Å². The lowest BCUT2D eigenvalue weighted by Crippen LogP contribution is -2.70. The van der Waals surface area contributed by atoms with Gasteiger partial charge in [-0.3, -0.25) is 9.59 Å². The SMILES string of the molecule is CC(=O)O[C@@H]1CC[C@]2(C)[C@H]3CC=C4[C@@H]5CC(C)(C)CC[C@]5(C)CC[C@@]4(C(=O)O)[C@]3(C)C[C@@H](O)[C@H]2C1(C)C. The number of hydrogen-bond acceptors (Lipinski definition) is 4. The number of carbonyl (C=O) groups is 2. The number of carboxylic acids is 1. The van der Waals surface area contributed by atoms with Crippen molar-refractivity contribution in [2.75, 3.05) is 0 Å². The minimum atomic E-state index is -0.931. The second-order valence-electron chi connectivity index (χ2n) is 15.9. The molecule has 0 aromatic carbocycles. The molecular weight excluding hydrogens is 464 g/mol. The first-order chi connectivity index (χ1) is 16.9. The van der Waals surface area contributed by atoms with E-state index >= 15 is 0 Å². The van der Waals surface area contributed by atoms with Crippen molar-refractivity contribution in [3.63, 3.8) is 0 Å². The van der Waals surface area contributed by atoms with E-state index in [0.29, 0.717) is 12.8 Å². The van der Waals surface area contributed by atoms with Gasteiger partial charge in [0.1, 0.15) is 6.10 Å². The van der Waals surface area contributed by atoms with E-state index in [1.54, 1.807) is 0 Å². The van der Waals surface area contributed by atoms with E-state index in [0.717, 1.165) is 38.5 Å². The van der Waals surface area contributed by atoms with Crippen molar-refractivity contribution in [2.45, 2.75) is 125 Å². The summed E-state index contributed by atoms with van der Waals surface area (Å²) in [5, 5.41) is 23.1. The fraction of sp³-hybridized carbons (Fsp3) is 0.875. The first-order valence-corrected chi connectivity index (χ1v) is 14.7. The highest BCUT2D eigenvalue weighted by Gasteiger charge is 2.73. The standard InChI is InChI=1S/C32H50O5/c1-19(33)37-24-11-12-30(7)23-10-9-20-21-17-27(2,3)13-14-29(21,6)15-16-32(20,26(35)36)31(23,8)18-22(34)25(30)28(24,4)5/h9,21-25,34H,10-18H2,1-8H3,(H,35,36)/t21-,22+,23+,24+,25-,29+,30+,31+,32+/m0/s1. The molecule has 0 radical (unpaired) electrons. The number of aliphatic hydroxyl groups is 1. The summed E-state index contributed by atoms with van der Waals surface area (Å²) in [5.41, 5.74) is -0.524. The lowest BCUT2D eigenvalue weighted by atomic mass is 9.33. The van der Waals surface area contributed by atoms with E-state index in [1.807, 2.05) is 0 Å². The summed E-state index contributed by atoms with van der Waals surface area (Å²) in [6, 6.07) is 0. The summed E-state index contributed by atoms with van der Waals surface area (Å²) in [4.78, 5) is 25.5. The summed E-state index contributed by atoms with van der Waals surface area (Å²) >= 11 is 0. The molecule has 0 saturated heterocycles. The molecule has 5 nitrogen and oxygen atoms in total. The third-order valence-corrected chi connectivity index (χ3v) is 13.0. The van der Waals surface area contributed by atoms with Gasteiger partial charge in [-0.15, -0.1) is 0 Å². The summed E-state index contributed by atoms with van der Waals surface area (Å²) < 4.78 is 5.79. The zero-order valence-corrected chi connectivity index (χ0v) is 24.4. The van der Waals surface area contributed by atoms with Gasteiger partial charge in [0, 0.05) is 12.3 Å². The summed E-state index contributed by atoms with van der Waals surface area (Å²) in [6.45, 7) is 17.4. The van der Waals surface area contributed by atoms with Gasteiger partial charge >= 0.3 is 11.9 Å². The van der Waals surface area contributed by atoms with Crippen LogP contribution in [0.1, 0.15) is 113 Å². The van der Waals surface area contributed by atoms with Crippen LogP contribution in [0, 0.1) is 50.2 Å². The number of carbonyl (C=O) groups excluding carboxylic acids is 1. The van der Waals surface area contributed by atoms with E-state index in [-0.39, 0.29) is 46.1 Å². The Morgan fingerprint density at radius 1 is 0.946 bits per heavy atom. The highest BCUT2D eigenvalue weighted by Crippen LogP contribution is 2.76. The number of carboxylic acid groups (broad SMARTS) is 1. The van der Waals surface area contributed by atoms with E-state index < -0.39 is 28.3 Å². The minimum Gasteiger partial charge on any atom is -0.481 e. The molecule has 0 unspecified atom stereocenters. The second kappa shape index (κ2) is 8.08. The van der Waals surface area contributed by atoms with E-state index in [4.69, 9.17) is 4.74 Å². The minimum absolute atomic E-state index is 0.0561. The number of hydrogen-bond donors (Lipinski definition) is 2. The molecule has 0 heterocycles. The van der Waals surface area contributed by atoms with E-state index in [9.17, 15) is 19.8 Å². The lowest BCUT2D eigenvalue weighted by molar-refractivity contribution is -0.248. The molecule has 4 saturated carbocycles. The molecule has 208 valence electrons. The van der Waals surface area contributed by atoms with Crippen molar-refractivity contribution in [3.8, 4) is 0 Å². The largest absolute Gasteiger partial charge is 0.481 e. The summed E-state index contributed by atoms with van der Waals surface area (Å²) in [6.07, 6.45) is 9.48. The van der Waals surface area contributed by atoms with Crippen LogP contribution in [0.15, 0.2) is 11.6 Å². The fourth-order valence-corrected chi connectivity index (χ4v) is 11.2. The average Bonchev–Trinajstić information content (AvgIpc) is 2.75.